The van der Waals surface area contributed by atoms with Crippen molar-refractivity contribution in [3.05, 3.63) is 0 Å². The first-order chi connectivity index (χ1) is 8.38. The Morgan fingerprint density at radius 1 is 1.35 bits per heavy atom. The molecule has 2 atom stereocenters. The van der Waals surface area contributed by atoms with Crippen LogP contribution in [0.3, 0.4) is 0 Å². The molecule has 0 saturated carbocycles. The van der Waals surface area contributed by atoms with Crippen molar-refractivity contribution in [2.75, 3.05) is 46.0 Å². The van der Waals surface area contributed by atoms with Gasteiger partial charge in [0.2, 0.25) is 0 Å². The highest BCUT2D eigenvalue weighted by Gasteiger charge is 2.19. The zero-order chi connectivity index (χ0) is 11.9. The standard InChI is InChI=1S/C13H26N2O2/c1-2-15(10-13-4-3-8-17-13)7-5-12-11-16-9-6-14-12/h12-14H,2-11H2,1H3. The second kappa shape index (κ2) is 7.31. The average Bonchev–Trinajstić information content (AvgIpc) is 2.88. The molecule has 0 aromatic heterocycles. The van der Waals surface area contributed by atoms with Gasteiger partial charge in [-0.05, 0) is 32.4 Å². The molecule has 2 heterocycles. The van der Waals surface area contributed by atoms with Crippen LogP contribution in [-0.4, -0.2) is 63.0 Å². The lowest BCUT2D eigenvalue weighted by Crippen LogP contribution is -2.44. The monoisotopic (exact) mass is 242 g/mol. The average molecular weight is 242 g/mol. The van der Waals surface area contributed by atoms with Gasteiger partial charge in [0.15, 0.2) is 0 Å². The van der Waals surface area contributed by atoms with Crippen LogP contribution in [0, 0.1) is 0 Å². The molecule has 0 aromatic carbocycles. The molecular weight excluding hydrogens is 216 g/mol. The predicted molar refractivity (Wildman–Crippen MR) is 68.3 cm³/mol. The van der Waals surface area contributed by atoms with E-state index in [0.29, 0.717) is 12.1 Å². The highest BCUT2D eigenvalue weighted by molar-refractivity contribution is 4.74. The van der Waals surface area contributed by atoms with Crippen molar-refractivity contribution in [3.8, 4) is 0 Å². The number of nitrogens with zero attached hydrogens (tertiary/aromatic N) is 1. The third kappa shape index (κ3) is 4.54. The number of nitrogens with one attached hydrogen (secondary N) is 1. The SMILES string of the molecule is CCN(CCC1COCCN1)CC1CCCO1. The summed E-state index contributed by atoms with van der Waals surface area (Å²) >= 11 is 0. The zero-order valence-corrected chi connectivity index (χ0v) is 11.0. The van der Waals surface area contributed by atoms with Gasteiger partial charge in [-0.1, -0.05) is 6.92 Å². The lowest BCUT2D eigenvalue weighted by Gasteiger charge is -2.28. The van der Waals surface area contributed by atoms with Gasteiger partial charge in [-0.15, -0.1) is 0 Å². The molecule has 2 aliphatic heterocycles. The molecule has 1 N–H and O–H groups in total. The van der Waals surface area contributed by atoms with Crippen molar-refractivity contribution in [1.29, 1.82) is 0 Å². The normalized spacial score (nSPS) is 30.0. The van der Waals surface area contributed by atoms with E-state index < -0.39 is 0 Å². The molecule has 100 valence electrons. The number of likely N-dealkylation sites (N-methyl/N-ethyl adjacent to an activating group) is 1. The molecule has 0 bridgehead atoms. The van der Waals surface area contributed by atoms with Gasteiger partial charge < -0.3 is 19.7 Å². The molecule has 2 rings (SSSR count). The van der Waals surface area contributed by atoms with E-state index >= 15 is 0 Å². The van der Waals surface area contributed by atoms with E-state index in [1.807, 2.05) is 0 Å². The Morgan fingerprint density at radius 2 is 2.29 bits per heavy atom. The Labute approximate surface area is 105 Å². The second-order valence-corrected chi connectivity index (χ2v) is 5.04. The summed E-state index contributed by atoms with van der Waals surface area (Å²) in [5, 5.41) is 3.51. The molecule has 2 saturated heterocycles. The molecule has 0 aromatic rings. The number of rotatable bonds is 6. The fourth-order valence-electron chi connectivity index (χ4n) is 2.60. The van der Waals surface area contributed by atoms with Crippen LogP contribution in [0.1, 0.15) is 26.2 Å². The van der Waals surface area contributed by atoms with Crippen molar-refractivity contribution in [2.24, 2.45) is 0 Å². The van der Waals surface area contributed by atoms with E-state index in [-0.39, 0.29) is 0 Å². The van der Waals surface area contributed by atoms with Crippen LogP contribution in [0.2, 0.25) is 0 Å². The van der Waals surface area contributed by atoms with Crippen LogP contribution in [0.5, 0.6) is 0 Å². The van der Waals surface area contributed by atoms with E-state index in [1.54, 1.807) is 0 Å². The Hall–Kier alpha value is -0.160. The van der Waals surface area contributed by atoms with Gasteiger partial charge >= 0.3 is 0 Å². The lowest BCUT2D eigenvalue weighted by atomic mass is 10.1. The molecule has 2 aliphatic rings. The van der Waals surface area contributed by atoms with Crippen LogP contribution >= 0.6 is 0 Å². The highest BCUT2D eigenvalue weighted by atomic mass is 16.5. The van der Waals surface area contributed by atoms with E-state index in [1.165, 1.54) is 19.3 Å². The maximum absolute atomic E-state index is 5.70. The van der Waals surface area contributed by atoms with Crippen LogP contribution in [0.25, 0.3) is 0 Å². The molecule has 4 nitrogen and oxygen atoms in total. The summed E-state index contributed by atoms with van der Waals surface area (Å²) in [7, 11) is 0. The summed E-state index contributed by atoms with van der Waals surface area (Å²) in [4.78, 5) is 2.51. The molecular formula is C13H26N2O2. The molecule has 4 heteroatoms. The topological polar surface area (TPSA) is 33.7 Å². The van der Waals surface area contributed by atoms with Gasteiger partial charge in [0.1, 0.15) is 0 Å². The number of hydrogen-bond acceptors (Lipinski definition) is 4. The summed E-state index contributed by atoms with van der Waals surface area (Å²) in [6.07, 6.45) is 4.13. The van der Waals surface area contributed by atoms with Crippen LogP contribution in [0.4, 0.5) is 0 Å². The summed E-state index contributed by atoms with van der Waals surface area (Å²) < 4.78 is 11.2. The van der Waals surface area contributed by atoms with E-state index in [4.69, 9.17) is 9.47 Å². The second-order valence-electron chi connectivity index (χ2n) is 5.04. The first kappa shape index (κ1) is 13.3. The third-order valence-electron chi connectivity index (χ3n) is 3.73. The van der Waals surface area contributed by atoms with Gasteiger partial charge in [-0.2, -0.15) is 0 Å². The first-order valence-corrected chi connectivity index (χ1v) is 7.03. The largest absolute Gasteiger partial charge is 0.379 e. The molecule has 17 heavy (non-hydrogen) atoms. The maximum Gasteiger partial charge on any atom is 0.0702 e. The quantitative estimate of drug-likeness (QED) is 0.749. The summed E-state index contributed by atoms with van der Waals surface area (Å²) in [5.41, 5.74) is 0. The Morgan fingerprint density at radius 3 is 2.94 bits per heavy atom. The van der Waals surface area contributed by atoms with Crippen LogP contribution < -0.4 is 5.32 Å². The van der Waals surface area contributed by atoms with Gasteiger partial charge in [0.25, 0.3) is 0 Å². The number of morpholine rings is 1. The summed E-state index contributed by atoms with van der Waals surface area (Å²) in [6, 6.07) is 0.544. The molecule has 0 radical (unpaired) electrons. The van der Waals surface area contributed by atoms with Gasteiger partial charge in [0, 0.05) is 25.7 Å². The zero-order valence-electron chi connectivity index (χ0n) is 11.0. The molecule has 0 aliphatic carbocycles. The van der Waals surface area contributed by atoms with E-state index in [9.17, 15) is 0 Å². The van der Waals surface area contributed by atoms with Crippen LogP contribution in [-0.2, 0) is 9.47 Å². The van der Waals surface area contributed by atoms with Crippen molar-refractivity contribution in [3.63, 3.8) is 0 Å². The van der Waals surface area contributed by atoms with Crippen molar-refractivity contribution >= 4 is 0 Å². The van der Waals surface area contributed by atoms with Gasteiger partial charge in [-0.25, -0.2) is 0 Å². The van der Waals surface area contributed by atoms with Crippen molar-refractivity contribution < 1.29 is 9.47 Å². The Kier molecular flexibility index (Phi) is 5.71. The van der Waals surface area contributed by atoms with Crippen molar-refractivity contribution in [2.45, 2.75) is 38.3 Å². The van der Waals surface area contributed by atoms with E-state index in [2.05, 4.69) is 17.1 Å². The van der Waals surface area contributed by atoms with Crippen molar-refractivity contribution in [1.82, 2.24) is 10.2 Å². The lowest BCUT2D eigenvalue weighted by molar-refractivity contribution is 0.0575. The third-order valence-corrected chi connectivity index (χ3v) is 3.73. The van der Waals surface area contributed by atoms with E-state index in [0.717, 1.165) is 46.0 Å². The predicted octanol–water partition coefficient (Wildman–Crippen LogP) is 0.866. The summed E-state index contributed by atoms with van der Waals surface area (Å²) in [5.74, 6) is 0. The van der Waals surface area contributed by atoms with Crippen LogP contribution in [0.15, 0.2) is 0 Å². The fourth-order valence-corrected chi connectivity index (χ4v) is 2.60. The minimum atomic E-state index is 0.477. The fraction of sp³-hybridized carbons (Fsp3) is 1.00. The highest BCUT2D eigenvalue weighted by Crippen LogP contribution is 2.13. The Balaban J connectivity index is 1.63. The Bertz CT molecular complexity index is 202. The molecule has 0 amide bonds. The number of hydrogen-bond donors (Lipinski definition) is 1. The smallest absolute Gasteiger partial charge is 0.0702 e. The maximum atomic E-state index is 5.70. The molecule has 2 fully saturated rings. The minimum absolute atomic E-state index is 0.477. The molecule has 2 unspecified atom stereocenters. The van der Waals surface area contributed by atoms with Gasteiger partial charge in [0.05, 0.1) is 19.3 Å². The number of ether oxygens (including phenoxy) is 2. The van der Waals surface area contributed by atoms with Gasteiger partial charge in [-0.3, -0.25) is 0 Å². The first-order valence-electron chi connectivity index (χ1n) is 7.03. The summed E-state index contributed by atoms with van der Waals surface area (Å²) in [6.45, 7) is 9.30. The minimum Gasteiger partial charge on any atom is -0.379 e. The molecule has 0 spiro atoms.